The summed E-state index contributed by atoms with van der Waals surface area (Å²) >= 11 is 0. The van der Waals surface area contributed by atoms with Crippen LogP contribution >= 0.6 is 0 Å². The van der Waals surface area contributed by atoms with Crippen LogP contribution in [-0.2, 0) is 11.3 Å². The van der Waals surface area contributed by atoms with E-state index >= 15 is 0 Å². The SMILES string of the molecule is CN1CCN(c2cc(COC3CC3)nc(N)n2)CC1. The number of nitrogens with two attached hydrogens (primary N) is 1. The molecule has 19 heavy (non-hydrogen) atoms. The highest BCUT2D eigenvalue weighted by Gasteiger charge is 2.22. The summed E-state index contributed by atoms with van der Waals surface area (Å²) in [6, 6.07) is 2.00. The number of aromatic nitrogens is 2. The van der Waals surface area contributed by atoms with Crippen molar-refractivity contribution in [3.63, 3.8) is 0 Å². The van der Waals surface area contributed by atoms with Crippen molar-refractivity contribution in [2.75, 3.05) is 43.9 Å². The number of nitrogen functional groups attached to an aromatic ring is 1. The fourth-order valence-corrected chi connectivity index (χ4v) is 2.21. The fraction of sp³-hybridized carbons (Fsp3) is 0.692. The van der Waals surface area contributed by atoms with Gasteiger partial charge in [-0.1, -0.05) is 0 Å². The first-order valence-corrected chi connectivity index (χ1v) is 6.89. The van der Waals surface area contributed by atoms with Gasteiger partial charge in [-0.05, 0) is 19.9 Å². The van der Waals surface area contributed by atoms with Crippen molar-refractivity contribution >= 4 is 11.8 Å². The molecule has 1 aliphatic carbocycles. The Morgan fingerprint density at radius 2 is 2.00 bits per heavy atom. The summed E-state index contributed by atoms with van der Waals surface area (Å²) in [6.07, 6.45) is 2.78. The van der Waals surface area contributed by atoms with Crippen LogP contribution in [0.4, 0.5) is 11.8 Å². The quantitative estimate of drug-likeness (QED) is 0.852. The molecule has 3 rings (SSSR count). The lowest BCUT2D eigenvalue weighted by molar-refractivity contribution is 0.103. The third-order valence-corrected chi connectivity index (χ3v) is 3.60. The third-order valence-electron chi connectivity index (χ3n) is 3.60. The van der Waals surface area contributed by atoms with Crippen molar-refractivity contribution in [3.8, 4) is 0 Å². The highest BCUT2D eigenvalue weighted by molar-refractivity contribution is 5.43. The average Bonchev–Trinajstić information content (AvgIpc) is 3.20. The molecule has 1 saturated heterocycles. The molecule has 1 aromatic heterocycles. The Morgan fingerprint density at radius 1 is 1.26 bits per heavy atom. The highest BCUT2D eigenvalue weighted by Crippen LogP contribution is 2.25. The molecule has 0 atom stereocenters. The first kappa shape index (κ1) is 12.6. The summed E-state index contributed by atoms with van der Waals surface area (Å²) in [4.78, 5) is 13.2. The summed E-state index contributed by atoms with van der Waals surface area (Å²) in [6.45, 7) is 4.61. The van der Waals surface area contributed by atoms with E-state index in [4.69, 9.17) is 10.5 Å². The van der Waals surface area contributed by atoms with E-state index in [1.165, 1.54) is 12.8 Å². The normalized spacial score (nSPS) is 20.8. The first-order chi connectivity index (χ1) is 9.20. The zero-order chi connectivity index (χ0) is 13.2. The summed E-state index contributed by atoms with van der Waals surface area (Å²) in [5.41, 5.74) is 6.68. The largest absolute Gasteiger partial charge is 0.372 e. The maximum atomic E-state index is 5.80. The van der Waals surface area contributed by atoms with Crippen molar-refractivity contribution in [2.45, 2.75) is 25.6 Å². The summed E-state index contributed by atoms with van der Waals surface area (Å²) in [7, 11) is 2.14. The molecule has 1 aliphatic heterocycles. The standard InChI is InChI=1S/C13H21N5O/c1-17-4-6-18(7-5-17)12-8-10(15-13(14)16-12)9-19-11-2-3-11/h8,11H,2-7,9H2,1H3,(H2,14,15,16). The van der Waals surface area contributed by atoms with Crippen LogP contribution < -0.4 is 10.6 Å². The molecule has 0 unspecified atom stereocenters. The second-order valence-electron chi connectivity index (χ2n) is 5.38. The van der Waals surface area contributed by atoms with Gasteiger partial charge in [0, 0.05) is 32.2 Å². The smallest absolute Gasteiger partial charge is 0.222 e. The van der Waals surface area contributed by atoms with Crippen LogP contribution in [0.3, 0.4) is 0 Å². The molecular formula is C13H21N5O. The zero-order valence-corrected chi connectivity index (χ0v) is 11.4. The van der Waals surface area contributed by atoms with Crippen LogP contribution in [0, 0.1) is 0 Å². The Kier molecular flexibility index (Phi) is 3.52. The Morgan fingerprint density at radius 3 is 2.68 bits per heavy atom. The Hall–Kier alpha value is -1.40. The maximum absolute atomic E-state index is 5.80. The summed E-state index contributed by atoms with van der Waals surface area (Å²) < 4.78 is 5.68. The molecule has 0 bridgehead atoms. The lowest BCUT2D eigenvalue weighted by atomic mass is 10.3. The molecule has 0 aromatic carbocycles. The number of nitrogens with zero attached hydrogens (tertiary/aromatic N) is 4. The predicted molar refractivity (Wildman–Crippen MR) is 74.0 cm³/mol. The Balaban J connectivity index is 1.69. The van der Waals surface area contributed by atoms with Crippen LogP contribution in [0.5, 0.6) is 0 Å². The van der Waals surface area contributed by atoms with Crippen molar-refractivity contribution in [2.24, 2.45) is 0 Å². The number of likely N-dealkylation sites (N-methyl/N-ethyl adjacent to an activating group) is 1. The van der Waals surface area contributed by atoms with Crippen molar-refractivity contribution < 1.29 is 4.74 Å². The van der Waals surface area contributed by atoms with E-state index in [1.807, 2.05) is 6.07 Å². The zero-order valence-electron chi connectivity index (χ0n) is 11.4. The number of rotatable bonds is 4. The number of hydrogen-bond donors (Lipinski definition) is 1. The number of piperazine rings is 1. The molecule has 1 aromatic rings. The van der Waals surface area contributed by atoms with Gasteiger partial charge < -0.3 is 20.3 Å². The topological polar surface area (TPSA) is 67.5 Å². The third kappa shape index (κ3) is 3.33. The Labute approximate surface area is 113 Å². The minimum atomic E-state index is 0.339. The van der Waals surface area contributed by atoms with Gasteiger partial charge in [0.1, 0.15) is 5.82 Å². The van der Waals surface area contributed by atoms with Crippen molar-refractivity contribution in [1.82, 2.24) is 14.9 Å². The molecule has 0 amide bonds. The second-order valence-corrected chi connectivity index (χ2v) is 5.38. The number of anilines is 2. The van der Waals surface area contributed by atoms with Gasteiger partial charge >= 0.3 is 0 Å². The van der Waals surface area contributed by atoms with Crippen LogP contribution in [0.25, 0.3) is 0 Å². The van der Waals surface area contributed by atoms with Gasteiger partial charge in [-0.25, -0.2) is 4.98 Å². The molecule has 2 fully saturated rings. The highest BCUT2D eigenvalue weighted by atomic mass is 16.5. The minimum absolute atomic E-state index is 0.339. The van der Waals surface area contributed by atoms with Crippen molar-refractivity contribution in [1.29, 1.82) is 0 Å². The van der Waals surface area contributed by atoms with E-state index in [0.29, 0.717) is 18.7 Å². The average molecular weight is 263 g/mol. The molecule has 6 nitrogen and oxygen atoms in total. The van der Waals surface area contributed by atoms with Gasteiger partial charge in [0.15, 0.2) is 0 Å². The molecule has 0 spiro atoms. The first-order valence-electron chi connectivity index (χ1n) is 6.89. The van der Waals surface area contributed by atoms with Crippen LogP contribution in [0.1, 0.15) is 18.5 Å². The lowest BCUT2D eigenvalue weighted by Crippen LogP contribution is -2.44. The van der Waals surface area contributed by atoms with Gasteiger partial charge in [0.05, 0.1) is 18.4 Å². The van der Waals surface area contributed by atoms with E-state index in [-0.39, 0.29) is 0 Å². The number of hydrogen-bond acceptors (Lipinski definition) is 6. The lowest BCUT2D eigenvalue weighted by Gasteiger charge is -2.33. The van der Waals surface area contributed by atoms with E-state index in [1.54, 1.807) is 0 Å². The van der Waals surface area contributed by atoms with Crippen LogP contribution in [0.2, 0.25) is 0 Å². The summed E-state index contributed by atoms with van der Waals surface area (Å²) in [5.74, 6) is 1.26. The van der Waals surface area contributed by atoms with E-state index in [0.717, 1.165) is 37.7 Å². The second kappa shape index (κ2) is 5.30. The van der Waals surface area contributed by atoms with Crippen molar-refractivity contribution in [3.05, 3.63) is 11.8 Å². The molecule has 6 heteroatoms. The van der Waals surface area contributed by atoms with Crippen LogP contribution in [-0.4, -0.2) is 54.2 Å². The minimum Gasteiger partial charge on any atom is -0.372 e. The van der Waals surface area contributed by atoms with Gasteiger partial charge in [-0.15, -0.1) is 0 Å². The van der Waals surface area contributed by atoms with E-state index < -0.39 is 0 Å². The molecular weight excluding hydrogens is 242 g/mol. The number of ether oxygens (including phenoxy) is 1. The molecule has 2 N–H and O–H groups in total. The van der Waals surface area contributed by atoms with Gasteiger partial charge in [0.25, 0.3) is 0 Å². The molecule has 2 aliphatic rings. The summed E-state index contributed by atoms with van der Waals surface area (Å²) in [5, 5.41) is 0. The Bertz CT molecular complexity index is 441. The molecule has 104 valence electrons. The molecule has 1 saturated carbocycles. The van der Waals surface area contributed by atoms with Gasteiger partial charge in [-0.2, -0.15) is 4.98 Å². The monoisotopic (exact) mass is 263 g/mol. The molecule has 0 radical (unpaired) electrons. The van der Waals surface area contributed by atoms with Gasteiger partial charge in [-0.3, -0.25) is 0 Å². The van der Waals surface area contributed by atoms with Crippen LogP contribution in [0.15, 0.2) is 6.07 Å². The van der Waals surface area contributed by atoms with E-state index in [9.17, 15) is 0 Å². The predicted octanol–water partition coefficient (Wildman–Crippen LogP) is 0.490. The van der Waals surface area contributed by atoms with E-state index in [2.05, 4.69) is 26.8 Å². The maximum Gasteiger partial charge on any atom is 0.222 e. The van der Waals surface area contributed by atoms with Gasteiger partial charge in [0.2, 0.25) is 5.95 Å². The molecule has 2 heterocycles. The fourth-order valence-electron chi connectivity index (χ4n) is 2.21.